The number of hydrogen-bond acceptors (Lipinski definition) is 6. The first kappa shape index (κ1) is 31.4. The molecule has 10 N–H and O–H groups in total. The Kier molecular flexibility index (Phi) is 11.5. The standard InChI is InChI=1S/C28H42N8O5/c1-16(2)13-22(35-24(37)20-9-5-11-31-20)25(38)36-23(14-17-15-33-19-8-4-3-7-18(17)19)26(39)34-21(27(40)41)10-6-12-32-28(29)30/h3-4,7-8,15-16,20-23,31,33H,5-6,9-14H2,1-2H3,(H,34,39)(H,35,37)(H,36,38)(H,40,41)(H4,29,30,32). The SMILES string of the molecule is CC(C)CC(NC(=O)C1CCCN1)C(=O)NC(Cc1c[nH]c2ccccc12)C(=O)NC(CCCN=C(N)N)C(=O)O. The Balaban J connectivity index is 1.80. The fourth-order valence-corrected chi connectivity index (χ4v) is 4.92. The highest BCUT2D eigenvalue weighted by molar-refractivity contribution is 5.95. The van der Waals surface area contributed by atoms with Crippen molar-refractivity contribution in [3.63, 3.8) is 0 Å². The highest BCUT2D eigenvalue weighted by Gasteiger charge is 2.32. The molecule has 1 aromatic heterocycles. The van der Waals surface area contributed by atoms with E-state index in [-0.39, 0.29) is 43.2 Å². The van der Waals surface area contributed by atoms with Crippen LogP contribution in [0.2, 0.25) is 0 Å². The monoisotopic (exact) mass is 570 g/mol. The Morgan fingerprint density at radius 2 is 1.76 bits per heavy atom. The maximum absolute atomic E-state index is 13.5. The summed E-state index contributed by atoms with van der Waals surface area (Å²) in [7, 11) is 0. The number of fused-ring (bicyclic) bond motifs is 1. The van der Waals surface area contributed by atoms with Crippen LogP contribution in [0.25, 0.3) is 10.9 Å². The van der Waals surface area contributed by atoms with Gasteiger partial charge in [0.2, 0.25) is 17.7 Å². The molecule has 3 amide bonds. The van der Waals surface area contributed by atoms with Gasteiger partial charge in [-0.25, -0.2) is 4.79 Å². The third-order valence-electron chi connectivity index (χ3n) is 7.01. The van der Waals surface area contributed by atoms with E-state index in [1.54, 1.807) is 6.20 Å². The number of aliphatic imine (C=N–C) groups is 1. The number of nitrogens with two attached hydrogens (primary N) is 2. The Morgan fingerprint density at radius 3 is 2.41 bits per heavy atom. The first-order valence-electron chi connectivity index (χ1n) is 14.0. The largest absolute Gasteiger partial charge is 0.480 e. The van der Waals surface area contributed by atoms with Gasteiger partial charge in [-0.05, 0) is 56.2 Å². The van der Waals surface area contributed by atoms with Gasteiger partial charge in [0.05, 0.1) is 6.04 Å². The van der Waals surface area contributed by atoms with Crippen LogP contribution in [0.3, 0.4) is 0 Å². The topological polar surface area (TPSA) is 217 Å². The Bertz CT molecular complexity index is 1230. The number of hydrogen-bond donors (Lipinski definition) is 8. The van der Waals surface area contributed by atoms with E-state index in [0.717, 1.165) is 29.4 Å². The first-order valence-corrected chi connectivity index (χ1v) is 14.0. The molecule has 4 unspecified atom stereocenters. The number of amides is 3. The van der Waals surface area contributed by atoms with Gasteiger partial charge in [0.25, 0.3) is 0 Å². The molecule has 13 nitrogen and oxygen atoms in total. The molecule has 224 valence electrons. The van der Waals surface area contributed by atoms with Gasteiger partial charge >= 0.3 is 5.97 Å². The number of carboxylic acid groups (broad SMARTS) is 1. The van der Waals surface area contributed by atoms with Gasteiger partial charge in [-0.15, -0.1) is 0 Å². The second-order valence-electron chi connectivity index (χ2n) is 10.8. The fourth-order valence-electron chi connectivity index (χ4n) is 4.92. The lowest BCUT2D eigenvalue weighted by atomic mass is 10.00. The summed E-state index contributed by atoms with van der Waals surface area (Å²) in [5.41, 5.74) is 12.3. The lowest BCUT2D eigenvalue weighted by Crippen LogP contribution is -2.57. The first-order chi connectivity index (χ1) is 19.5. The molecule has 13 heteroatoms. The smallest absolute Gasteiger partial charge is 0.326 e. The normalized spacial score (nSPS) is 17.0. The van der Waals surface area contributed by atoms with Crippen molar-refractivity contribution in [3.05, 3.63) is 36.0 Å². The fraction of sp³-hybridized carbons (Fsp3) is 0.536. The van der Waals surface area contributed by atoms with Crippen molar-refractivity contribution < 1.29 is 24.3 Å². The number of rotatable bonds is 15. The van der Waals surface area contributed by atoms with E-state index >= 15 is 0 Å². The summed E-state index contributed by atoms with van der Waals surface area (Å²) in [6, 6.07) is 4.02. The number of carbonyl (C=O) groups excluding carboxylic acids is 3. The molecular formula is C28H42N8O5. The minimum Gasteiger partial charge on any atom is -0.480 e. The highest BCUT2D eigenvalue weighted by atomic mass is 16.4. The lowest BCUT2D eigenvalue weighted by Gasteiger charge is -2.26. The summed E-state index contributed by atoms with van der Waals surface area (Å²) in [6.07, 6.45) is 4.22. The number of nitrogens with one attached hydrogen (secondary N) is 5. The lowest BCUT2D eigenvalue weighted by molar-refractivity contribution is -0.142. The highest BCUT2D eigenvalue weighted by Crippen LogP contribution is 2.20. The predicted octanol–water partition coefficient (Wildman–Crippen LogP) is 0.101. The second-order valence-corrected chi connectivity index (χ2v) is 10.8. The minimum atomic E-state index is -1.21. The van der Waals surface area contributed by atoms with Crippen LogP contribution in [0.1, 0.15) is 51.5 Å². The van der Waals surface area contributed by atoms with Crippen LogP contribution in [0.5, 0.6) is 0 Å². The molecule has 1 aliphatic rings. The number of guanidine groups is 1. The van der Waals surface area contributed by atoms with Crippen LogP contribution < -0.4 is 32.7 Å². The van der Waals surface area contributed by atoms with E-state index in [9.17, 15) is 24.3 Å². The van der Waals surface area contributed by atoms with Crippen molar-refractivity contribution in [2.24, 2.45) is 22.4 Å². The van der Waals surface area contributed by atoms with Crippen molar-refractivity contribution in [1.29, 1.82) is 0 Å². The number of carboxylic acids is 1. The summed E-state index contributed by atoms with van der Waals surface area (Å²) in [5, 5.41) is 22.0. The van der Waals surface area contributed by atoms with Gasteiger partial charge in [-0.2, -0.15) is 0 Å². The maximum atomic E-state index is 13.5. The summed E-state index contributed by atoms with van der Waals surface area (Å²) in [5.74, 6) is -2.64. The molecule has 2 aromatic rings. The number of nitrogens with zero attached hydrogens (tertiary/aromatic N) is 1. The van der Waals surface area contributed by atoms with Crippen molar-refractivity contribution in [2.75, 3.05) is 13.1 Å². The van der Waals surface area contributed by atoms with E-state index < -0.39 is 35.9 Å². The number of benzene rings is 1. The molecule has 0 radical (unpaired) electrons. The second kappa shape index (κ2) is 15.0. The molecule has 4 atom stereocenters. The number of H-pyrrole nitrogens is 1. The molecule has 1 fully saturated rings. The van der Waals surface area contributed by atoms with E-state index in [1.807, 2.05) is 38.1 Å². The molecule has 0 saturated carbocycles. The molecule has 0 spiro atoms. The van der Waals surface area contributed by atoms with Crippen LogP contribution in [-0.4, -0.2) is 77.0 Å². The molecule has 2 heterocycles. The molecular weight excluding hydrogens is 528 g/mol. The Morgan fingerprint density at radius 1 is 1.05 bits per heavy atom. The zero-order chi connectivity index (χ0) is 29.9. The quantitative estimate of drug-likeness (QED) is 0.0832. The number of aliphatic carboxylic acids is 1. The van der Waals surface area contributed by atoms with Crippen LogP contribution in [-0.2, 0) is 25.6 Å². The third-order valence-corrected chi connectivity index (χ3v) is 7.01. The molecule has 41 heavy (non-hydrogen) atoms. The van der Waals surface area contributed by atoms with E-state index in [4.69, 9.17) is 11.5 Å². The number of carbonyl (C=O) groups is 4. The molecule has 3 rings (SSSR count). The van der Waals surface area contributed by atoms with Gasteiger partial charge in [-0.1, -0.05) is 32.0 Å². The predicted molar refractivity (Wildman–Crippen MR) is 156 cm³/mol. The van der Waals surface area contributed by atoms with Gasteiger partial charge < -0.3 is 42.8 Å². The minimum absolute atomic E-state index is 0.0880. The molecule has 0 bridgehead atoms. The van der Waals surface area contributed by atoms with Gasteiger partial charge in [0, 0.05) is 30.1 Å². The molecule has 1 saturated heterocycles. The third kappa shape index (κ3) is 9.48. The van der Waals surface area contributed by atoms with Crippen molar-refractivity contribution >= 4 is 40.6 Å². The van der Waals surface area contributed by atoms with Crippen LogP contribution in [0, 0.1) is 5.92 Å². The van der Waals surface area contributed by atoms with E-state index in [1.165, 1.54) is 0 Å². The van der Waals surface area contributed by atoms with Crippen LogP contribution >= 0.6 is 0 Å². The molecule has 0 aliphatic carbocycles. The molecule has 1 aromatic carbocycles. The van der Waals surface area contributed by atoms with Crippen molar-refractivity contribution in [1.82, 2.24) is 26.3 Å². The molecule has 1 aliphatic heterocycles. The summed E-state index contributed by atoms with van der Waals surface area (Å²) >= 11 is 0. The van der Waals surface area contributed by atoms with Crippen LogP contribution in [0.15, 0.2) is 35.5 Å². The Labute approximate surface area is 239 Å². The zero-order valence-electron chi connectivity index (χ0n) is 23.6. The van der Waals surface area contributed by atoms with E-state index in [2.05, 4.69) is 31.2 Å². The summed E-state index contributed by atoms with van der Waals surface area (Å²) < 4.78 is 0. The van der Waals surface area contributed by atoms with Crippen molar-refractivity contribution in [2.45, 2.75) is 76.5 Å². The van der Waals surface area contributed by atoms with Crippen molar-refractivity contribution in [3.8, 4) is 0 Å². The van der Waals surface area contributed by atoms with E-state index in [0.29, 0.717) is 19.3 Å². The number of aromatic nitrogens is 1. The summed E-state index contributed by atoms with van der Waals surface area (Å²) in [6.45, 7) is 4.83. The average molecular weight is 571 g/mol. The van der Waals surface area contributed by atoms with Gasteiger partial charge in [-0.3, -0.25) is 19.4 Å². The van der Waals surface area contributed by atoms with Gasteiger partial charge in [0.1, 0.15) is 18.1 Å². The van der Waals surface area contributed by atoms with Crippen LogP contribution in [0.4, 0.5) is 0 Å². The van der Waals surface area contributed by atoms with Gasteiger partial charge in [0.15, 0.2) is 5.96 Å². The average Bonchev–Trinajstić information content (AvgIpc) is 3.60. The number of para-hydroxylation sites is 1. The maximum Gasteiger partial charge on any atom is 0.326 e. The number of aromatic amines is 1. The Hall–Kier alpha value is -4.13. The summed E-state index contributed by atoms with van der Waals surface area (Å²) in [4.78, 5) is 58.8. The zero-order valence-corrected chi connectivity index (χ0v) is 23.6.